The van der Waals surface area contributed by atoms with Crippen LogP contribution in [0, 0.1) is 0 Å². The molecule has 0 amide bonds. The van der Waals surface area contributed by atoms with E-state index >= 15 is 0 Å². The topological polar surface area (TPSA) is 27.7 Å². The molecule has 0 aliphatic rings. The van der Waals surface area contributed by atoms with Crippen LogP contribution < -0.4 is 0 Å². The van der Waals surface area contributed by atoms with E-state index in [1.165, 1.54) is 77.0 Å². The summed E-state index contributed by atoms with van der Waals surface area (Å²) in [5.74, 6) is 0. The molecule has 1 unspecified atom stereocenters. The van der Waals surface area contributed by atoms with Gasteiger partial charge in [0.05, 0.1) is 12.9 Å². The van der Waals surface area contributed by atoms with Crippen LogP contribution in [0.25, 0.3) is 0 Å². The molecule has 0 rings (SSSR count). The van der Waals surface area contributed by atoms with Gasteiger partial charge in [-0.1, -0.05) is 77.6 Å². The van der Waals surface area contributed by atoms with Gasteiger partial charge in [-0.3, -0.25) is 0 Å². The lowest BCUT2D eigenvalue weighted by atomic mass is 10.0. The van der Waals surface area contributed by atoms with Gasteiger partial charge in [0, 0.05) is 0 Å². The van der Waals surface area contributed by atoms with Gasteiger partial charge in [0.15, 0.2) is 16.6 Å². The van der Waals surface area contributed by atoms with E-state index in [4.69, 9.17) is 13.6 Å². The molecule has 0 bridgehead atoms. The summed E-state index contributed by atoms with van der Waals surface area (Å²) >= 11 is 0. The molecule has 0 aromatic carbocycles. The number of allylic oxidation sites excluding steroid dienone is 1. The zero-order chi connectivity index (χ0) is 22.7. The van der Waals surface area contributed by atoms with E-state index in [1.807, 2.05) is 6.26 Å². The first-order valence-corrected chi connectivity index (χ1v) is 19.5. The fourth-order valence-corrected chi connectivity index (χ4v) is 5.18. The molecule has 0 N–H and O–H groups in total. The molecular weight excluding hydrogens is 404 g/mol. The van der Waals surface area contributed by atoms with Crippen molar-refractivity contribution in [1.82, 2.24) is 0 Å². The minimum absolute atomic E-state index is 0.0414. The van der Waals surface area contributed by atoms with E-state index in [0.29, 0.717) is 13.2 Å². The zero-order valence-corrected chi connectivity index (χ0v) is 23.6. The van der Waals surface area contributed by atoms with Crippen molar-refractivity contribution in [3.05, 3.63) is 12.3 Å². The molecule has 0 radical (unpaired) electrons. The van der Waals surface area contributed by atoms with Crippen LogP contribution >= 0.6 is 0 Å². The average Bonchev–Trinajstić information content (AvgIpc) is 2.64. The predicted molar refractivity (Wildman–Crippen MR) is 138 cm³/mol. The van der Waals surface area contributed by atoms with Gasteiger partial charge in [-0.05, 0) is 58.2 Å². The molecule has 0 saturated carbocycles. The lowest BCUT2D eigenvalue weighted by Gasteiger charge is -2.28. The molecule has 180 valence electrons. The van der Waals surface area contributed by atoms with Crippen LogP contribution in [0.2, 0.25) is 39.3 Å². The average molecular weight is 459 g/mol. The maximum Gasteiger partial charge on any atom is 0.184 e. The molecule has 30 heavy (non-hydrogen) atoms. The predicted octanol–water partition coefficient (Wildman–Crippen LogP) is 8.68. The van der Waals surface area contributed by atoms with Crippen molar-refractivity contribution in [2.75, 3.05) is 13.2 Å². The lowest BCUT2D eigenvalue weighted by Crippen LogP contribution is -2.40. The van der Waals surface area contributed by atoms with Gasteiger partial charge in [0.1, 0.15) is 12.7 Å². The Hall–Kier alpha value is -0.106. The third kappa shape index (κ3) is 24.2. The van der Waals surface area contributed by atoms with Crippen molar-refractivity contribution in [1.29, 1.82) is 0 Å². The van der Waals surface area contributed by atoms with Crippen molar-refractivity contribution >= 4 is 16.6 Å². The fraction of sp³-hybridized carbons (Fsp3) is 0.920. The summed E-state index contributed by atoms with van der Waals surface area (Å²) < 4.78 is 18.0. The highest BCUT2D eigenvalue weighted by Gasteiger charge is 2.24. The summed E-state index contributed by atoms with van der Waals surface area (Å²) in [5.41, 5.74) is 0. The largest absolute Gasteiger partial charge is 0.499 e. The van der Waals surface area contributed by atoms with Gasteiger partial charge in [-0.2, -0.15) is 0 Å². The van der Waals surface area contributed by atoms with Gasteiger partial charge in [-0.25, -0.2) is 0 Å². The van der Waals surface area contributed by atoms with Crippen LogP contribution in [-0.4, -0.2) is 36.0 Å². The Balaban J connectivity index is 3.66. The van der Waals surface area contributed by atoms with Gasteiger partial charge in [0.25, 0.3) is 0 Å². The molecule has 0 saturated heterocycles. The number of hydrogen-bond acceptors (Lipinski definition) is 3. The monoisotopic (exact) mass is 458 g/mol. The highest BCUT2D eigenvalue weighted by molar-refractivity contribution is 6.70. The van der Waals surface area contributed by atoms with Gasteiger partial charge in [-0.15, -0.1) is 0 Å². The lowest BCUT2D eigenvalue weighted by molar-refractivity contribution is 0.0562. The molecule has 0 aliphatic heterocycles. The quantitative estimate of drug-likeness (QED) is 0.0977. The van der Waals surface area contributed by atoms with Crippen molar-refractivity contribution < 1.29 is 13.6 Å². The van der Waals surface area contributed by atoms with E-state index in [1.54, 1.807) is 0 Å². The van der Waals surface area contributed by atoms with Crippen LogP contribution in [0.15, 0.2) is 12.3 Å². The van der Waals surface area contributed by atoms with Crippen molar-refractivity contribution in [2.45, 2.75) is 136 Å². The third-order valence-corrected chi connectivity index (χ3v) is 6.99. The highest BCUT2D eigenvalue weighted by atomic mass is 28.4. The molecule has 1 atom stereocenters. The van der Waals surface area contributed by atoms with Crippen LogP contribution in [0.4, 0.5) is 0 Å². The second-order valence-electron chi connectivity index (χ2n) is 10.7. The van der Waals surface area contributed by atoms with Gasteiger partial charge < -0.3 is 13.6 Å². The van der Waals surface area contributed by atoms with E-state index in [0.717, 1.165) is 6.42 Å². The number of rotatable bonds is 21. The standard InChI is InChI=1S/C25H54O3Si2/c1-8-9-10-11-12-13-14-15-16-17-18-19-20-21-22-26-23-25(28-30(5,6)7)24-27-29(2,3)4/h21-22,25H,8-20,23-24H2,1-7H3. The zero-order valence-electron chi connectivity index (χ0n) is 21.6. The normalized spacial score (nSPS) is 13.8. The molecule has 0 aliphatic carbocycles. The Kier molecular flexibility index (Phi) is 18.4. The first-order chi connectivity index (χ1) is 14.1. The van der Waals surface area contributed by atoms with Gasteiger partial charge in [0.2, 0.25) is 0 Å². The van der Waals surface area contributed by atoms with E-state index in [2.05, 4.69) is 52.3 Å². The molecule has 0 aromatic heterocycles. The summed E-state index contributed by atoms with van der Waals surface area (Å²) in [7, 11) is -3.12. The summed E-state index contributed by atoms with van der Waals surface area (Å²) in [6.07, 6.45) is 22.0. The van der Waals surface area contributed by atoms with Crippen LogP contribution in [-0.2, 0) is 13.6 Å². The Labute approximate surface area is 191 Å². The maximum absolute atomic E-state index is 6.23. The van der Waals surface area contributed by atoms with Crippen molar-refractivity contribution in [2.24, 2.45) is 0 Å². The second kappa shape index (κ2) is 18.5. The van der Waals surface area contributed by atoms with Crippen LogP contribution in [0.1, 0.15) is 90.4 Å². The second-order valence-corrected chi connectivity index (χ2v) is 19.6. The Bertz CT molecular complexity index is 400. The maximum atomic E-state index is 6.23. The Morgan fingerprint density at radius 2 is 1.13 bits per heavy atom. The minimum Gasteiger partial charge on any atom is -0.499 e. The number of unbranched alkanes of at least 4 members (excludes halogenated alkanes) is 12. The van der Waals surface area contributed by atoms with E-state index in [-0.39, 0.29) is 6.10 Å². The van der Waals surface area contributed by atoms with Crippen molar-refractivity contribution in [3.8, 4) is 0 Å². The number of hydrogen-bond donors (Lipinski definition) is 0. The Morgan fingerprint density at radius 1 is 0.633 bits per heavy atom. The molecule has 5 heteroatoms. The highest BCUT2D eigenvalue weighted by Crippen LogP contribution is 2.13. The summed E-state index contributed by atoms with van der Waals surface area (Å²) in [5, 5.41) is 0. The first kappa shape index (κ1) is 29.9. The Morgan fingerprint density at radius 3 is 1.60 bits per heavy atom. The first-order valence-electron chi connectivity index (χ1n) is 12.7. The molecule has 0 spiro atoms. The van der Waals surface area contributed by atoms with Crippen LogP contribution in [0.3, 0.4) is 0 Å². The van der Waals surface area contributed by atoms with Crippen LogP contribution in [0.5, 0.6) is 0 Å². The number of ether oxygens (including phenoxy) is 1. The fourth-order valence-electron chi connectivity index (χ4n) is 3.36. The molecule has 3 nitrogen and oxygen atoms in total. The summed E-state index contributed by atoms with van der Waals surface area (Å²) in [6, 6.07) is 0. The van der Waals surface area contributed by atoms with E-state index < -0.39 is 16.6 Å². The SMILES string of the molecule is CCCCCCCCCCCCCCC=COCC(CO[Si](C)(C)C)O[Si](C)(C)C. The molecule has 0 fully saturated rings. The smallest absolute Gasteiger partial charge is 0.184 e. The third-order valence-electron chi connectivity index (χ3n) is 4.92. The van der Waals surface area contributed by atoms with Crippen molar-refractivity contribution in [3.63, 3.8) is 0 Å². The molecular formula is C25H54O3Si2. The minimum atomic E-state index is -1.60. The van der Waals surface area contributed by atoms with Gasteiger partial charge >= 0.3 is 0 Å². The molecule has 0 heterocycles. The summed E-state index contributed by atoms with van der Waals surface area (Å²) in [4.78, 5) is 0. The molecule has 0 aromatic rings. The van der Waals surface area contributed by atoms with E-state index in [9.17, 15) is 0 Å². The summed E-state index contributed by atoms with van der Waals surface area (Å²) in [6.45, 7) is 16.8.